The highest BCUT2D eigenvalue weighted by molar-refractivity contribution is 5.81. The van der Waals surface area contributed by atoms with Gasteiger partial charge in [0.1, 0.15) is 0 Å². The van der Waals surface area contributed by atoms with E-state index in [0.29, 0.717) is 6.42 Å². The molecule has 0 spiro atoms. The smallest absolute Gasteiger partial charge is 0.335 e. The summed E-state index contributed by atoms with van der Waals surface area (Å²) < 4.78 is 37.2. The van der Waals surface area contributed by atoms with Crippen LogP contribution in [0.5, 0.6) is 0 Å². The molecule has 1 N–H and O–H groups in total. The maximum absolute atomic E-state index is 12.4. The van der Waals surface area contributed by atoms with Gasteiger partial charge in [0.15, 0.2) is 0 Å². The van der Waals surface area contributed by atoms with Crippen molar-refractivity contribution in [1.82, 2.24) is 10.2 Å². The Morgan fingerprint density at radius 1 is 1.17 bits per heavy atom. The minimum Gasteiger partial charge on any atom is -0.335 e. The molecule has 2 rings (SSSR count). The van der Waals surface area contributed by atoms with Gasteiger partial charge in [-0.2, -0.15) is 13.2 Å². The standard InChI is InChI=1S/C12H19F3N2O/c13-12(14,15)11(18)17-7-3-4-9(8-17)10-5-1-2-6-16-10/h9-10,16H,1-8H2/t9-,10+/m1/s1. The summed E-state index contributed by atoms with van der Waals surface area (Å²) in [5.41, 5.74) is 0. The van der Waals surface area contributed by atoms with E-state index in [-0.39, 0.29) is 25.0 Å². The normalized spacial score (nSPS) is 30.3. The van der Waals surface area contributed by atoms with E-state index in [1.54, 1.807) is 0 Å². The number of amides is 1. The van der Waals surface area contributed by atoms with Gasteiger partial charge in [0.2, 0.25) is 0 Å². The Labute approximate surface area is 105 Å². The lowest BCUT2D eigenvalue weighted by atomic mass is 9.86. The van der Waals surface area contributed by atoms with Gasteiger partial charge in [-0.15, -0.1) is 0 Å². The van der Waals surface area contributed by atoms with Crippen LogP contribution in [-0.4, -0.2) is 42.7 Å². The largest absolute Gasteiger partial charge is 0.471 e. The van der Waals surface area contributed by atoms with Crippen molar-refractivity contribution in [3.05, 3.63) is 0 Å². The number of halogens is 3. The summed E-state index contributed by atoms with van der Waals surface area (Å²) in [5, 5.41) is 3.37. The van der Waals surface area contributed by atoms with Crippen LogP contribution in [0, 0.1) is 5.92 Å². The van der Waals surface area contributed by atoms with Crippen molar-refractivity contribution in [3.63, 3.8) is 0 Å². The van der Waals surface area contributed by atoms with Crippen LogP contribution >= 0.6 is 0 Å². The van der Waals surface area contributed by atoms with Crippen LogP contribution in [0.25, 0.3) is 0 Å². The quantitative estimate of drug-likeness (QED) is 0.785. The molecule has 0 aromatic carbocycles. The fourth-order valence-corrected chi connectivity index (χ4v) is 2.98. The first-order valence-electron chi connectivity index (χ1n) is 6.58. The number of rotatable bonds is 1. The lowest BCUT2D eigenvalue weighted by molar-refractivity contribution is -0.187. The van der Waals surface area contributed by atoms with Gasteiger partial charge in [-0.1, -0.05) is 6.42 Å². The number of piperidine rings is 2. The van der Waals surface area contributed by atoms with Crippen LogP contribution in [-0.2, 0) is 4.79 Å². The Morgan fingerprint density at radius 3 is 2.56 bits per heavy atom. The number of nitrogens with one attached hydrogen (secondary N) is 1. The molecule has 0 aliphatic carbocycles. The molecule has 2 aliphatic rings. The number of likely N-dealkylation sites (tertiary alicyclic amines) is 1. The van der Waals surface area contributed by atoms with Gasteiger partial charge in [0, 0.05) is 19.1 Å². The van der Waals surface area contributed by atoms with Crippen LogP contribution in [0.15, 0.2) is 0 Å². The van der Waals surface area contributed by atoms with Gasteiger partial charge in [-0.3, -0.25) is 4.79 Å². The topological polar surface area (TPSA) is 32.3 Å². The predicted molar refractivity (Wildman–Crippen MR) is 61.0 cm³/mol. The number of hydrogen-bond acceptors (Lipinski definition) is 2. The van der Waals surface area contributed by atoms with Crippen molar-refractivity contribution in [2.45, 2.75) is 44.3 Å². The summed E-state index contributed by atoms with van der Waals surface area (Å²) in [6.07, 6.45) is 0.125. The molecular weight excluding hydrogens is 245 g/mol. The molecule has 3 nitrogen and oxygen atoms in total. The minimum absolute atomic E-state index is 0.172. The lowest BCUT2D eigenvalue weighted by Gasteiger charge is -2.39. The van der Waals surface area contributed by atoms with E-state index >= 15 is 0 Å². The summed E-state index contributed by atoms with van der Waals surface area (Å²) in [6, 6.07) is 0.280. The molecule has 0 radical (unpaired) electrons. The van der Waals surface area contributed by atoms with Crippen molar-refractivity contribution in [2.24, 2.45) is 5.92 Å². The van der Waals surface area contributed by atoms with Crippen LogP contribution in [0.2, 0.25) is 0 Å². The highest BCUT2D eigenvalue weighted by Crippen LogP contribution is 2.27. The van der Waals surface area contributed by atoms with Crippen molar-refractivity contribution in [2.75, 3.05) is 19.6 Å². The zero-order valence-corrected chi connectivity index (χ0v) is 10.3. The second-order valence-electron chi connectivity index (χ2n) is 5.21. The zero-order valence-electron chi connectivity index (χ0n) is 10.3. The molecule has 2 atom stereocenters. The third kappa shape index (κ3) is 3.16. The molecule has 0 saturated carbocycles. The number of alkyl halides is 3. The van der Waals surface area contributed by atoms with Crippen LogP contribution < -0.4 is 5.32 Å². The minimum atomic E-state index is -4.73. The van der Waals surface area contributed by atoms with Crippen molar-refractivity contribution < 1.29 is 18.0 Å². The second-order valence-corrected chi connectivity index (χ2v) is 5.21. The van der Waals surface area contributed by atoms with E-state index in [0.717, 1.165) is 37.1 Å². The number of hydrogen-bond donors (Lipinski definition) is 1. The summed E-state index contributed by atoms with van der Waals surface area (Å²) in [6.45, 7) is 1.42. The summed E-state index contributed by atoms with van der Waals surface area (Å²) in [4.78, 5) is 12.2. The molecule has 2 aliphatic heterocycles. The number of nitrogens with zero attached hydrogens (tertiary/aromatic N) is 1. The van der Waals surface area contributed by atoms with Crippen molar-refractivity contribution in [3.8, 4) is 0 Å². The van der Waals surface area contributed by atoms with E-state index < -0.39 is 12.1 Å². The average Bonchev–Trinajstić information content (AvgIpc) is 2.38. The molecule has 104 valence electrons. The number of carbonyl (C=O) groups excluding carboxylic acids is 1. The van der Waals surface area contributed by atoms with E-state index in [9.17, 15) is 18.0 Å². The number of carbonyl (C=O) groups is 1. The maximum atomic E-state index is 12.4. The fraction of sp³-hybridized carbons (Fsp3) is 0.917. The van der Waals surface area contributed by atoms with Gasteiger partial charge < -0.3 is 10.2 Å². The predicted octanol–water partition coefficient (Wildman–Crippen LogP) is 1.93. The summed E-state index contributed by atoms with van der Waals surface area (Å²) in [5.74, 6) is -1.51. The molecule has 0 bridgehead atoms. The molecule has 0 aromatic heterocycles. The molecule has 2 fully saturated rings. The first kappa shape index (κ1) is 13.6. The van der Waals surface area contributed by atoms with Gasteiger partial charge in [-0.25, -0.2) is 0 Å². The Bertz CT molecular complexity index is 300. The van der Waals surface area contributed by atoms with Gasteiger partial charge in [0.25, 0.3) is 0 Å². The monoisotopic (exact) mass is 264 g/mol. The van der Waals surface area contributed by atoms with Crippen molar-refractivity contribution in [1.29, 1.82) is 0 Å². The van der Waals surface area contributed by atoms with E-state index in [1.165, 1.54) is 0 Å². The Kier molecular flexibility index (Phi) is 4.14. The maximum Gasteiger partial charge on any atom is 0.471 e. The lowest BCUT2D eigenvalue weighted by Crippen LogP contribution is -2.51. The SMILES string of the molecule is O=C(N1CCC[C@@H]([C@@H]2CCCCN2)C1)C(F)(F)F. The van der Waals surface area contributed by atoms with Crippen LogP contribution in [0.1, 0.15) is 32.1 Å². The third-order valence-corrected chi connectivity index (χ3v) is 3.91. The molecular formula is C12H19F3N2O. The van der Waals surface area contributed by atoms with Crippen LogP contribution in [0.3, 0.4) is 0 Å². The van der Waals surface area contributed by atoms with E-state index in [1.807, 2.05) is 0 Å². The third-order valence-electron chi connectivity index (χ3n) is 3.91. The van der Waals surface area contributed by atoms with Gasteiger partial charge >= 0.3 is 12.1 Å². The molecule has 6 heteroatoms. The van der Waals surface area contributed by atoms with Crippen molar-refractivity contribution >= 4 is 5.91 Å². The molecule has 2 heterocycles. The second kappa shape index (κ2) is 5.47. The molecule has 18 heavy (non-hydrogen) atoms. The Hall–Kier alpha value is -0.780. The molecule has 1 amide bonds. The average molecular weight is 264 g/mol. The molecule has 0 aromatic rings. The zero-order chi connectivity index (χ0) is 13.2. The Balaban J connectivity index is 1.93. The fourth-order valence-electron chi connectivity index (χ4n) is 2.98. The Morgan fingerprint density at radius 2 is 1.94 bits per heavy atom. The molecule has 2 saturated heterocycles. The molecule has 0 unspecified atom stereocenters. The summed E-state index contributed by atoms with van der Waals surface area (Å²) >= 11 is 0. The highest BCUT2D eigenvalue weighted by Gasteiger charge is 2.44. The van der Waals surface area contributed by atoms with Crippen LogP contribution in [0.4, 0.5) is 13.2 Å². The van der Waals surface area contributed by atoms with E-state index in [2.05, 4.69) is 5.32 Å². The highest BCUT2D eigenvalue weighted by atomic mass is 19.4. The van der Waals surface area contributed by atoms with E-state index in [4.69, 9.17) is 0 Å². The first-order chi connectivity index (χ1) is 8.48. The van der Waals surface area contributed by atoms with Gasteiger partial charge in [-0.05, 0) is 38.1 Å². The summed E-state index contributed by atoms with van der Waals surface area (Å²) in [7, 11) is 0. The first-order valence-corrected chi connectivity index (χ1v) is 6.58. The van der Waals surface area contributed by atoms with Gasteiger partial charge in [0.05, 0.1) is 0 Å².